The molecular weight excluding hydrogens is 198 g/mol. The van der Waals surface area contributed by atoms with Gasteiger partial charge < -0.3 is 4.98 Å². The molecule has 0 aliphatic heterocycles. The standard InChI is InChI=1S/C14H21NO/c1-5-6-12(7-10(2)3)13-8-11(4)14(16)15-9-13/h6,8-10H,5,7H2,1-4H3,(H,15,16)/b12-6+. The molecule has 2 nitrogen and oxygen atoms in total. The molecule has 0 unspecified atom stereocenters. The summed E-state index contributed by atoms with van der Waals surface area (Å²) in [6.45, 7) is 8.41. The molecule has 1 aromatic heterocycles. The van der Waals surface area contributed by atoms with Gasteiger partial charge in [-0.2, -0.15) is 0 Å². The Bertz CT molecular complexity index is 427. The Balaban J connectivity index is 3.06. The first-order valence-electron chi connectivity index (χ1n) is 5.93. The van der Waals surface area contributed by atoms with Gasteiger partial charge in [0.05, 0.1) is 0 Å². The van der Waals surface area contributed by atoms with Crippen molar-refractivity contribution in [1.29, 1.82) is 0 Å². The fraction of sp³-hybridized carbons (Fsp3) is 0.500. The highest BCUT2D eigenvalue weighted by Gasteiger charge is 2.05. The molecular formula is C14H21NO. The maximum atomic E-state index is 11.3. The van der Waals surface area contributed by atoms with E-state index >= 15 is 0 Å². The minimum Gasteiger partial charge on any atom is -0.328 e. The van der Waals surface area contributed by atoms with Crippen molar-refractivity contribution in [3.63, 3.8) is 0 Å². The van der Waals surface area contributed by atoms with E-state index in [0.717, 1.165) is 24.0 Å². The van der Waals surface area contributed by atoms with Crippen molar-refractivity contribution in [3.05, 3.63) is 39.8 Å². The summed E-state index contributed by atoms with van der Waals surface area (Å²) in [5.74, 6) is 0.630. The van der Waals surface area contributed by atoms with E-state index in [4.69, 9.17) is 0 Å². The highest BCUT2D eigenvalue weighted by Crippen LogP contribution is 2.22. The van der Waals surface area contributed by atoms with Crippen LogP contribution in [-0.2, 0) is 0 Å². The summed E-state index contributed by atoms with van der Waals surface area (Å²) >= 11 is 0. The summed E-state index contributed by atoms with van der Waals surface area (Å²) in [5, 5.41) is 0. The molecule has 88 valence electrons. The molecule has 0 atom stereocenters. The number of hydrogen-bond acceptors (Lipinski definition) is 1. The zero-order valence-electron chi connectivity index (χ0n) is 10.6. The number of nitrogens with one attached hydrogen (secondary N) is 1. The lowest BCUT2D eigenvalue weighted by molar-refractivity contribution is 0.672. The Morgan fingerprint density at radius 2 is 2.19 bits per heavy atom. The number of rotatable bonds is 4. The van der Waals surface area contributed by atoms with Crippen LogP contribution in [0.1, 0.15) is 44.7 Å². The topological polar surface area (TPSA) is 32.9 Å². The SMILES string of the molecule is CC/C=C(\CC(C)C)c1c[nH]c(=O)c(C)c1. The Morgan fingerprint density at radius 1 is 1.50 bits per heavy atom. The lowest BCUT2D eigenvalue weighted by atomic mass is 9.96. The predicted molar refractivity (Wildman–Crippen MR) is 69.5 cm³/mol. The number of allylic oxidation sites excluding steroid dienone is 2. The van der Waals surface area contributed by atoms with Gasteiger partial charge in [0, 0.05) is 11.8 Å². The van der Waals surface area contributed by atoms with Gasteiger partial charge >= 0.3 is 0 Å². The maximum absolute atomic E-state index is 11.3. The number of aryl methyl sites for hydroxylation is 1. The number of hydrogen-bond donors (Lipinski definition) is 1. The van der Waals surface area contributed by atoms with Crippen LogP contribution in [0.2, 0.25) is 0 Å². The van der Waals surface area contributed by atoms with Crippen molar-refractivity contribution in [2.45, 2.75) is 40.5 Å². The summed E-state index contributed by atoms with van der Waals surface area (Å²) in [5.41, 5.74) is 3.26. The second kappa shape index (κ2) is 5.69. The average molecular weight is 219 g/mol. The molecule has 1 rings (SSSR count). The van der Waals surface area contributed by atoms with E-state index in [-0.39, 0.29) is 5.56 Å². The van der Waals surface area contributed by atoms with Crippen LogP contribution in [0.3, 0.4) is 0 Å². The van der Waals surface area contributed by atoms with Crippen LogP contribution in [0.5, 0.6) is 0 Å². The van der Waals surface area contributed by atoms with Gasteiger partial charge in [-0.25, -0.2) is 0 Å². The maximum Gasteiger partial charge on any atom is 0.250 e. The van der Waals surface area contributed by atoms with Crippen LogP contribution in [-0.4, -0.2) is 4.98 Å². The summed E-state index contributed by atoms with van der Waals surface area (Å²) < 4.78 is 0. The quantitative estimate of drug-likeness (QED) is 0.825. The third-order valence-corrected chi connectivity index (χ3v) is 2.54. The van der Waals surface area contributed by atoms with E-state index < -0.39 is 0 Å². The van der Waals surface area contributed by atoms with Gasteiger partial charge in [-0.1, -0.05) is 26.8 Å². The molecule has 0 amide bonds. The average Bonchev–Trinajstić information content (AvgIpc) is 2.21. The van der Waals surface area contributed by atoms with Crippen LogP contribution in [0.4, 0.5) is 0 Å². The van der Waals surface area contributed by atoms with Crippen LogP contribution >= 0.6 is 0 Å². The van der Waals surface area contributed by atoms with E-state index in [0.29, 0.717) is 5.92 Å². The van der Waals surface area contributed by atoms with Crippen molar-refractivity contribution < 1.29 is 0 Å². The van der Waals surface area contributed by atoms with Gasteiger partial charge in [-0.3, -0.25) is 4.79 Å². The zero-order valence-corrected chi connectivity index (χ0v) is 10.6. The molecule has 0 bridgehead atoms. The van der Waals surface area contributed by atoms with E-state index in [1.807, 2.05) is 19.2 Å². The Labute approximate surface area is 97.4 Å². The highest BCUT2D eigenvalue weighted by atomic mass is 16.1. The third-order valence-electron chi connectivity index (χ3n) is 2.54. The van der Waals surface area contributed by atoms with Crippen molar-refractivity contribution in [3.8, 4) is 0 Å². The normalized spacial score (nSPS) is 12.2. The highest BCUT2D eigenvalue weighted by molar-refractivity contribution is 5.65. The minimum absolute atomic E-state index is 0.00384. The van der Waals surface area contributed by atoms with Crippen molar-refractivity contribution in [1.82, 2.24) is 4.98 Å². The van der Waals surface area contributed by atoms with Crippen LogP contribution in [0, 0.1) is 12.8 Å². The fourth-order valence-corrected chi connectivity index (χ4v) is 1.79. The van der Waals surface area contributed by atoms with Crippen LogP contribution in [0.15, 0.2) is 23.1 Å². The smallest absolute Gasteiger partial charge is 0.250 e. The predicted octanol–water partition coefficient (Wildman–Crippen LogP) is 3.52. The minimum atomic E-state index is 0.00384. The second-order valence-corrected chi connectivity index (χ2v) is 4.64. The number of pyridine rings is 1. The third kappa shape index (κ3) is 3.37. The fourth-order valence-electron chi connectivity index (χ4n) is 1.79. The molecule has 1 N–H and O–H groups in total. The number of H-pyrrole nitrogens is 1. The first-order chi connectivity index (χ1) is 7.54. The number of aromatic amines is 1. The molecule has 0 saturated carbocycles. The van der Waals surface area contributed by atoms with Gasteiger partial charge in [0.25, 0.3) is 5.56 Å². The van der Waals surface area contributed by atoms with Crippen molar-refractivity contribution >= 4 is 5.57 Å². The first kappa shape index (κ1) is 12.8. The molecule has 0 fully saturated rings. The van der Waals surface area contributed by atoms with Crippen molar-refractivity contribution in [2.75, 3.05) is 0 Å². The van der Waals surface area contributed by atoms with E-state index in [1.54, 1.807) is 0 Å². The van der Waals surface area contributed by atoms with Gasteiger partial charge in [0.2, 0.25) is 0 Å². The molecule has 0 aliphatic rings. The molecule has 16 heavy (non-hydrogen) atoms. The summed E-state index contributed by atoms with van der Waals surface area (Å²) in [6, 6.07) is 1.97. The second-order valence-electron chi connectivity index (χ2n) is 4.64. The van der Waals surface area contributed by atoms with Crippen LogP contribution < -0.4 is 5.56 Å². The Hall–Kier alpha value is -1.31. The zero-order chi connectivity index (χ0) is 12.1. The molecule has 2 heteroatoms. The van der Waals surface area contributed by atoms with E-state index in [2.05, 4.69) is 31.8 Å². The van der Waals surface area contributed by atoms with Gasteiger partial charge in [0.1, 0.15) is 0 Å². The van der Waals surface area contributed by atoms with E-state index in [1.165, 1.54) is 5.57 Å². The Kier molecular flexibility index (Phi) is 4.53. The van der Waals surface area contributed by atoms with Crippen molar-refractivity contribution in [2.24, 2.45) is 5.92 Å². The molecule has 0 saturated heterocycles. The van der Waals surface area contributed by atoms with Gasteiger partial charge in [0.15, 0.2) is 0 Å². The summed E-state index contributed by atoms with van der Waals surface area (Å²) in [6.07, 6.45) is 6.14. The molecule has 1 aromatic rings. The molecule has 0 aromatic carbocycles. The van der Waals surface area contributed by atoms with Crippen LogP contribution in [0.25, 0.3) is 5.57 Å². The monoisotopic (exact) mass is 219 g/mol. The molecule has 0 aliphatic carbocycles. The Morgan fingerprint density at radius 3 is 2.69 bits per heavy atom. The lowest BCUT2D eigenvalue weighted by Gasteiger charge is -2.11. The number of aromatic nitrogens is 1. The summed E-state index contributed by atoms with van der Waals surface area (Å²) in [4.78, 5) is 14.1. The molecule has 0 spiro atoms. The summed E-state index contributed by atoms with van der Waals surface area (Å²) in [7, 11) is 0. The molecule has 0 radical (unpaired) electrons. The largest absolute Gasteiger partial charge is 0.328 e. The van der Waals surface area contributed by atoms with Gasteiger partial charge in [-0.15, -0.1) is 0 Å². The lowest BCUT2D eigenvalue weighted by Crippen LogP contribution is -2.09. The van der Waals surface area contributed by atoms with E-state index in [9.17, 15) is 4.79 Å². The first-order valence-corrected chi connectivity index (χ1v) is 5.93. The van der Waals surface area contributed by atoms with Gasteiger partial charge in [-0.05, 0) is 42.9 Å². The molecule has 1 heterocycles.